The van der Waals surface area contributed by atoms with Gasteiger partial charge in [0.15, 0.2) is 11.5 Å². The van der Waals surface area contributed by atoms with E-state index in [0.717, 1.165) is 11.6 Å². The molecule has 32 heavy (non-hydrogen) atoms. The summed E-state index contributed by atoms with van der Waals surface area (Å²) < 4.78 is 56.6. The van der Waals surface area contributed by atoms with Gasteiger partial charge in [0.1, 0.15) is 5.75 Å². The number of aryl methyl sites for hydroxylation is 2. The van der Waals surface area contributed by atoms with Crippen LogP contribution in [0.15, 0.2) is 36.4 Å². The first kappa shape index (κ1) is 26.1. The van der Waals surface area contributed by atoms with E-state index in [0.29, 0.717) is 29.9 Å². The SMILES string of the molecule is Cl.NC(CO)(CO)CCc1ccc(OCCCc2ccc3c(c2)OCO3)c(C(F)(F)F)c1. The molecule has 0 saturated heterocycles. The minimum Gasteiger partial charge on any atom is -0.493 e. The number of fused-ring (bicyclic) bond motifs is 1. The topological polar surface area (TPSA) is 94.2 Å². The van der Waals surface area contributed by atoms with Crippen molar-refractivity contribution in [2.24, 2.45) is 5.73 Å². The van der Waals surface area contributed by atoms with Crippen LogP contribution < -0.4 is 19.9 Å². The summed E-state index contributed by atoms with van der Waals surface area (Å²) in [5.74, 6) is 1.11. The van der Waals surface area contributed by atoms with Crippen molar-refractivity contribution in [3.05, 3.63) is 53.1 Å². The Morgan fingerprint density at radius 1 is 0.938 bits per heavy atom. The van der Waals surface area contributed by atoms with Crippen LogP contribution in [0.5, 0.6) is 17.2 Å². The highest BCUT2D eigenvalue weighted by Crippen LogP contribution is 2.37. The molecule has 0 fully saturated rings. The minimum absolute atomic E-state index is 0. The summed E-state index contributed by atoms with van der Waals surface area (Å²) in [5, 5.41) is 18.5. The number of alkyl halides is 3. The fraction of sp³-hybridized carbons (Fsp3) is 0.455. The lowest BCUT2D eigenvalue weighted by atomic mass is 9.93. The summed E-state index contributed by atoms with van der Waals surface area (Å²) in [7, 11) is 0. The van der Waals surface area contributed by atoms with Gasteiger partial charge in [0.25, 0.3) is 0 Å². The molecular formula is C22H27ClF3NO5. The first-order valence-electron chi connectivity index (χ1n) is 9.96. The third-order valence-electron chi connectivity index (χ3n) is 5.20. The van der Waals surface area contributed by atoms with E-state index >= 15 is 0 Å². The van der Waals surface area contributed by atoms with Gasteiger partial charge in [-0.1, -0.05) is 12.1 Å². The Kier molecular flexibility index (Phi) is 9.03. The normalized spacial score (nSPS) is 13.1. The molecule has 1 aliphatic heterocycles. The highest BCUT2D eigenvalue weighted by atomic mass is 35.5. The molecule has 0 spiro atoms. The van der Waals surface area contributed by atoms with Gasteiger partial charge in [-0.25, -0.2) is 0 Å². The molecule has 2 aromatic rings. The van der Waals surface area contributed by atoms with E-state index in [9.17, 15) is 23.4 Å². The number of aliphatic hydroxyl groups is 2. The maximum Gasteiger partial charge on any atom is 0.419 e. The highest BCUT2D eigenvalue weighted by Gasteiger charge is 2.35. The number of aliphatic hydroxyl groups excluding tert-OH is 2. The van der Waals surface area contributed by atoms with Crippen molar-refractivity contribution in [1.29, 1.82) is 0 Å². The van der Waals surface area contributed by atoms with E-state index in [1.807, 2.05) is 18.2 Å². The smallest absolute Gasteiger partial charge is 0.419 e. The van der Waals surface area contributed by atoms with Crippen LogP contribution in [0.25, 0.3) is 0 Å². The van der Waals surface area contributed by atoms with Crippen molar-refractivity contribution in [3.8, 4) is 17.2 Å². The van der Waals surface area contributed by atoms with Crippen LogP contribution in [0, 0.1) is 0 Å². The number of rotatable bonds is 10. The third-order valence-corrected chi connectivity index (χ3v) is 5.20. The van der Waals surface area contributed by atoms with Gasteiger partial charge in [-0.05, 0) is 61.1 Å². The van der Waals surface area contributed by atoms with Crippen LogP contribution >= 0.6 is 12.4 Å². The van der Waals surface area contributed by atoms with Crippen molar-refractivity contribution in [3.63, 3.8) is 0 Å². The number of hydrogen-bond donors (Lipinski definition) is 3. The number of nitrogens with two attached hydrogens (primary N) is 1. The number of hydrogen-bond acceptors (Lipinski definition) is 6. The van der Waals surface area contributed by atoms with Crippen LogP contribution in [0.4, 0.5) is 13.2 Å². The summed E-state index contributed by atoms with van der Waals surface area (Å²) in [6, 6.07) is 9.42. The van der Waals surface area contributed by atoms with Gasteiger partial charge in [0.05, 0.1) is 30.9 Å². The van der Waals surface area contributed by atoms with Crippen LogP contribution in [0.2, 0.25) is 0 Å². The van der Waals surface area contributed by atoms with Crippen LogP contribution in [-0.2, 0) is 19.0 Å². The lowest BCUT2D eigenvalue weighted by molar-refractivity contribution is -0.139. The van der Waals surface area contributed by atoms with E-state index in [-0.39, 0.29) is 44.4 Å². The molecule has 178 valence electrons. The predicted molar refractivity (Wildman–Crippen MR) is 114 cm³/mol. The summed E-state index contributed by atoms with van der Waals surface area (Å²) >= 11 is 0. The fourth-order valence-corrected chi connectivity index (χ4v) is 3.24. The van der Waals surface area contributed by atoms with Crippen molar-refractivity contribution in [2.45, 2.75) is 37.4 Å². The molecule has 0 radical (unpaired) electrons. The highest BCUT2D eigenvalue weighted by molar-refractivity contribution is 5.85. The van der Waals surface area contributed by atoms with Crippen LogP contribution in [0.1, 0.15) is 29.5 Å². The Bertz CT molecular complexity index is 890. The van der Waals surface area contributed by atoms with Gasteiger partial charge < -0.3 is 30.2 Å². The van der Waals surface area contributed by atoms with Gasteiger partial charge in [0, 0.05) is 0 Å². The maximum atomic E-state index is 13.5. The molecule has 0 aromatic heterocycles. The van der Waals surface area contributed by atoms with Crippen molar-refractivity contribution < 1.29 is 37.6 Å². The van der Waals surface area contributed by atoms with Gasteiger partial charge in [-0.15, -0.1) is 12.4 Å². The van der Waals surface area contributed by atoms with Crippen molar-refractivity contribution in [1.82, 2.24) is 0 Å². The number of ether oxygens (including phenoxy) is 3. The lowest BCUT2D eigenvalue weighted by Crippen LogP contribution is -2.47. The average molecular weight is 478 g/mol. The molecule has 1 aliphatic rings. The molecule has 4 N–H and O–H groups in total. The van der Waals surface area contributed by atoms with E-state index in [2.05, 4.69) is 0 Å². The zero-order valence-electron chi connectivity index (χ0n) is 17.4. The molecule has 0 bridgehead atoms. The van der Waals surface area contributed by atoms with Gasteiger partial charge in [-0.2, -0.15) is 13.2 Å². The number of halogens is 4. The summed E-state index contributed by atoms with van der Waals surface area (Å²) in [5.41, 5.74) is 5.09. The molecule has 6 nitrogen and oxygen atoms in total. The maximum absolute atomic E-state index is 13.5. The molecule has 0 amide bonds. The minimum atomic E-state index is -4.57. The van der Waals surface area contributed by atoms with E-state index in [1.54, 1.807) is 0 Å². The van der Waals surface area contributed by atoms with Crippen molar-refractivity contribution in [2.75, 3.05) is 26.6 Å². The second-order valence-electron chi connectivity index (χ2n) is 7.65. The lowest BCUT2D eigenvalue weighted by Gasteiger charge is -2.24. The molecule has 0 aliphatic carbocycles. The van der Waals surface area contributed by atoms with Crippen LogP contribution in [-0.4, -0.2) is 42.4 Å². The second-order valence-corrected chi connectivity index (χ2v) is 7.65. The van der Waals surface area contributed by atoms with E-state index in [4.69, 9.17) is 19.9 Å². The van der Waals surface area contributed by atoms with Crippen LogP contribution in [0.3, 0.4) is 0 Å². The molecule has 10 heteroatoms. The van der Waals surface area contributed by atoms with E-state index < -0.39 is 30.5 Å². The average Bonchev–Trinajstić information content (AvgIpc) is 3.22. The first-order chi connectivity index (χ1) is 14.7. The zero-order chi connectivity index (χ0) is 22.5. The van der Waals surface area contributed by atoms with Gasteiger partial charge in [0.2, 0.25) is 6.79 Å². The summed E-state index contributed by atoms with van der Waals surface area (Å²) in [6.45, 7) is -0.609. The molecule has 3 rings (SSSR count). The third kappa shape index (κ3) is 6.65. The summed E-state index contributed by atoms with van der Waals surface area (Å²) in [6.07, 6.45) is -3.09. The zero-order valence-corrected chi connectivity index (χ0v) is 18.2. The van der Waals surface area contributed by atoms with Gasteiger partial charge >= 0.3 is 6.18 Å². The molecule has 0 atom stereocenters. The van der Waals surface area contributed by atoms with E-state index in [1.165, 1.54) is 12.1 Å². The first-order valence-corrected chi connectivity index (χ1v) is 9.96. The second kappa shape index (κ2) is 11.1. The largest absolute Gasteiger partial charge is 0.493 e. The molecule has 2 aromatic carbocycles. The monoisotopic (exact) mass is 477 g/mol. The fourth-order valence-electron chi connectivity index (χ4n) is 3.24. The molecule has 1 heterocycles. The molecule has 0 saturated carbocycles. The standard InChI is InChI=1S/C22H26F3NO5.ClH/c23-22(24,25)17-10-16(7-8-21(26,12-27)13-28)3-5-18(17)29-9-1-2-15-4-6-19-20(11-15)31-14-30-19;/h3-6,10-11,27-28H,1-2,7-9,12-14,26H2;1H. The van der Waals surface area contributed by atoms with Gasteiger partial charge in [-0.3, -0.25) is 0 Å². The Labute approximate surface area is 190 Å². The Balaban J connectivity index is 0.00000363. The number of benzene rings is 2. The Morgan fingerprint density at radius 3 is 2.28 bits per heavy atom. The predicted octanol–water partition coefficient (Wildman–Crippen LogP) is 3.48. The quantitative estimate of drug-likeness (QED) is 0.454. The molecule has 0 unspecified atom stereocenters. The molecular weight excluding hydrogens is 451 g/mol. The Morgan fingerprint density at radius 2 is 1.59 bits per heavy atom. The van der Waals surface area contributed by atoms with Crippen molar-refractivity contribution >= 4 is 12.4 Å². The Hall–Kier alpha value is -2.20. The summed E-state index contributed by atoms with van der Waals surface area (Å²) in [4.78, 5) is 0.